The second-order valence-corrected chi connectivity index (χ2v) is 11.6. The Morgan fingerprint density at radius 3 is 2.55 bits per heavy atom. The summed E-state index contributed by atoms with van der Waals surface area (Å²) in [5, 5.41) is 2.15. The van der Waals surface area contributed by atoms with Crippen LogP contribution >= 0.6 is 23.2 Å². The van der Waals surface area contributed by atoms with Crippen LogP contribution in [-0.4, -0.2) is 101 Å². The summed E-state index contributed by atoms with van der Waals surface area (Å²) in [7, 11) is 1.64. The van der Waals surface area contributed by atoms with Crippen LogP contribution in [0.3, 0.4) is 0 Å². The molecule has 2 aliphatic heterocycles. The van der Waals surface area contributed by atoms with E-state index in [0.29, 0.717) is 49.7 Å². The molecule has 0 aliphatic carbocycles. The molecule has 12 heteroatoms. The first-order valence-corrected chi connectivity index (χ1v) is 15.9. The lowest BCUT2D eigenvalue weighted by Crippen LogP contribution is -2.46. The Balaban J connectivity index is 1.01. The summed E-state index contributed by atoms with van der Waals surface area (Å²) in [6.07, 6.45) is 1.43. The number of epoxide rings is 1. The van der Waals surface area contributed by atoms with Gasteiger partial charge in [0.1, 0.15) is 18.6 Å². The minimum absolute atomic E-state index is 0.0811. The quantitative estimate of drug-likeness (QED) is 0.144. The topological polar surface area (TPSA) is 87.2 Å². The molecular formula is C32H41Cl2N3O7. The van der Waals surface area contributed by atoms with Gasteiger partial charge in [-0.15, -0.1) is 0 Å². The number of piperazine rings is 1. The molecule has 0 amide bonds. The van der Waals surface area contributed by atoms with E-state index in [-0.39, 0.29) is 18.4 Å². The van der Waals surface area contributed by atoms with Crippen molar-refractivity contribution in [1.82, 2.24) is 9.47 Å². The van der Waals surface area contributed by atoms with Crippen LogP contribution in [0.4, 0.5) is 5.69 Å². The van der Waals surface area contributed by atoms with Crippen molar-refractivity contribution in [3.63, 3.8) is 0 Å². The molecule has 3 aromatic rings. The molecule has 0 radical (unpaired) electrons. The highest BCUT2D eigenvalue weighted by atomic mass is 35.5. The summed E-state index contributed by atoms with van der Waals surface area (Å²) in [5.41, 5.74) is 1.62. The fourth-order valence-corrected chi connectivity index (χ4v) is 5.58. The number of pyridine rings is 1. The largest absolute Gasteiger partial charge is 0.494 e. The van der Waals surface area contributed by atoms with Crippen molar-refractivity contribution in [2.24, 2.45) is 0 Å². The zero-order valence-corrected chi connectivity index (χ0v) is 26.6. The summed E-state index contributed by atoms with van der Waals surface area (Å²) < 4.78 is 35.0. The molecule has 44 heavy (non-hydrogen) atoms. The Bertz CT molecular complexity index is 1400. The number of nitrogens with zero attached hydrogens (tertiary/aromatic N) is 3. The van der Waals surface area contributed by atoms with E-state index in [1.54, 1.807) is 17.7 Å². The van der Waals surface area contributed by atoms with Gasteiger partial charge in [-0.05, 0) is 55.1 Å². The second-order valence-electron chi connectivity index (χ2n) is 10.8. The first-order chi connectivity index (χ1) is 21.5. The monoisotopic (exact) mass is 649 g/mol. The lowest BCUT2D eigenvalue weighted by atomic mass is 10.2. The molecule has 5 rings (SSSR count). The number of fused-ring (bicyclic) bond motifs is 1. The molecular weight excluding hydrogens is 609 g/mol. The van der Waals surface area contributed by atoms with E-state index in [1.165, 1.54) is 0 Å². The van der Waals surface area contributed by atoms with Crippen molar-refractivity contribution < 1.29 is 28.4 Å². The number of unbranched alkanes of at least 4 members (excludes halogenated alkanes) is 1. The van der Waals surface area contributed by atoms with E-state index < -0.39 is 6.29 Å². The van der Waals surface area contributed by atoms with Crippen molar-refractivity contribution in [1.29, 1.82) is 0 Å². The first-order valence-electron chi connectivity index (χ1n) is 15.1. The molecule has 10 nitrogen and oxygen atoms in total. The molecule has 2 unspecified atom stereocenters. The predicted octanol–water partition coefficient (Wildman–Crippen LogP) is 4.67. The van der Waals surface area contributed by atoms with E-state index in [4.69, 9.17) is 51.6 Å². The highest BCUT2D eigenvalue weighted by Crippen LogP contribution is 2.33. The maximum atomic E-state index is 12.7. The number of aromatic nitrogens is 1. The van der Waals surface area contributed by atoms with Gasteiger partial charge in [0.15, 0.2) is 6.29 Å². The standard InChI is InChI=1S/C32H41Cl2N3O7/c1-39-17-18-40-19-20-41-22-29-32(44-29)43-23-37-28-21-25(9-7-24(28)8-10-30(37)38)42-16-3-2-11-35-12-14-36(15-13-35)27-6-4-5-26(33)31(27)34/h4-10,21,29,32H,2-3,11-20,22-23H2,1H3. The summed E-state index contributed by atoms with van der Waals surface area (Å²) in [6, 6.07) is 15.0. The molecule has 2 fully saturated rings. The number of benzene rings is 2. The van der Waals surface area contributed by atoms with Crippen LogP contribution in [0.2, 0.25) is 10.0 Å². The Labute approximate surface area is 268 Å². The summed E-state index contributed by atoms with van der Waals surface area (Å²) >= 11 is 12.6. The van der Waals surface area contributed by atoms with Gasteiger partial charge in [-0.25, -0.2) is 0 Å². The van der Waals surface area contributed by atoms with Gasteiger partial charge >= 0.3 is 0 Å². The summed E-state index contributed by atoms with van der Waals surface area (Å²) in [4.78, 5) is 17.5. The number of rotatable bonds is 18. The van der Waals surface area contributed by atoms with E-state index in [0.717, 1.165) is 67.9 Å². The number of hydrogen-bond acceptors (Lipinski definition) is 9. The van der Waals surface area contributed by atoms with Gasteiger partial charge in [-0.1, -0.05) is 29.3 Å². The van der Waals surface area contributed by atoms with Crippen molar-refractivity contribution in [2.45, 2.75) is 32.0 Å². The lowest BCUT2D eigenvalue weighted by molar-refractivity contribution is 0.00656. The molecule has 0 bridgehead atoms. The van der Waals surface area contributed by atoms with Gasteiger partial charge in [0.05, 0.1) is 60.9 Å². The van der Waals surface area contributed by atoms with E-state index in [2.05, 4.69) is 9.80 Å². The average molecular weight is 651 g/mol. The van der Waals surface area contributed by atoms with Crippen LogP contribution in [0.1, 0.15) is 12.8 Å². The Morgan fingerprint density at radius 2 is 1.70 bits per heavy atom. The van der Waals surface area contributed by atoms with Crippen molar-refractivity contribution in [3.8, 4) is 5.75 Å². The zero-order valence-electron chi connectivity index (χ0n) is 25.1. The molecule has 3 heterocycles. The Kier molecular flexibility index (Phi) is 12.6. The molecule has 0 saturated carbocycles. The molecule has 0 N–H and O–H groups in total. The van der Waals surface area contributed by atoms with Crippen molar-refractivity contribution in [2.75, 3.05) is 84.4 Å². The third-order valence-electron chi connectivity index (χ3n) is 7.74. The minimum atomic E-state index is -0.399. The predicted molar refractivity (Wildman–Crippen MR) is 171 cm³/mol. The number of halogens is 2. The highest BCUT2D eigenvalue weighted by molar-refractivity contribution is 6.43. The fraction of sp³-hybridized carbons (Fsp3) is 0.531. The van der Waals surface area contributed by atoms with E-state index in [9.17, 15) is 4.79 Å². The maximum absolute atomic E-state index is 12.7. The number of ether oxygens (including phenoxy) is 6. The van der Waals surface area contributed by atoms with Crippen LogP contribution in [0.15, 0.2) is 53.3 Å². The van der Waals surface area contributed by atoms with Gasteiger partial charge in [-0.3, -0.25) is 14.3 Å². The minimum Gasteiger partial charge on any atom is -0.494 e. The van der Waals surface area contributed by atoms with Gasteiger partial charge < -0.3 is 33.3 Å². The van der Waals surface area contributed by atoms with Crippen LogP contribution in [0, 0.1) is 0 Å². The zero-order chi connectivity index (χ0) is 30.7. The normalized spacial score (nSPS) is 18.7. The van der Waals surface area contributed by atoms with Crippen LogP contribution in [-0.2, 0) is 30.4 Å². The van der Waals surface area contributed by atoms with E-state index in [1.807, 2.05) is 42.5 Å². The molecule has 240 valence electrons. The summed E-state index contributed by atoms with van der Waals surface area (Å²) in [6.45, 7) is 8.00. The van der Waals surface area contributed by atoms with Gasteiger partial charge in [0.2, 0.25) is 0 Å². The number of methoxy groups -OCH3 is 1. The Morgan fingerprint density at radius 1 is 0.909 bits per heavy atom. The molecule has 2 aliphatic rings. The lowest BCUT2D eigenvalue weighted by Gasteiger charge is -2.36. The maximum Gasteiger partial charge on any atom is 0.252 e. The molecule has 2 aromatic carbocycles. The molecule has 2 saturated heterocycles. The summed E-state index contributed by atoms with van der Waals surface area (Å²) in [5.74, 6) is 0.727. The number of anilines is 1. The highest BCUT2D eigenvalue weighted by Gasteiger charge is 2.40. The third kappa shape index (κ3) is 9.31. The van der Waals surface area contributed by atoms with Crippen LogP contribution in [0.25, 0.3) is 10.9 Å². The van der Waals surface area contributed by atoms with E-state index >= 15 is 0 Å². The first kappa shape index (κ1) is 33.0. The SMILES string of the molecule is COCCOCCOCC1OC1OCn1c(=O)ccc2ccc(OCCCCN3CCN(c4cccc(Cl)c4Cl)CC3)cc21. The van der Waals surface area contributed by atoms with Crippen LogP contribution in [0.5, 0.6) is 5.75 Å². The Hall–Kier alpha value is -2.41. The number of hydrogen-bond donors (Lipinski definition) is 0. The van der Waals surface area contributed by atoms with Crippen LogP contribution < -0.4 is 15.2 Å². The average Bonchev–Trinajstić information content (AvgIpc) is 3.79. The smallest absolute Gasteiger partial charge is 0.252 e. The van der Waals surface area contributed by atoms with Gasteiger partial charge in [0, 0.05) is 45.4 Å². The molecule has 1 aromatic heterocycles. The van der Waals surface area contributed by atoms with Gasteiger partial charge in [0.25, 0.3) is 5.56 Å². The van der Waals surface area contributed by atoms with Crippen molar-refractivity contribution >= 4 is 39.8 Å². The van der Waals surface area contributed by atoms with Gasteiger partial charge in [-0.2, -0.15) is 0 Å². The molecule has 0 spiro atoms. The molecule has 2 atom stereocenters. The second kappa shape index (κ2) is 16.8. The van der Waals surface area contributed by atoms with Crippen molar-refractivity contribution in [3.05, 3.63) is 68.9 Å². The fourth-order valence-electron chi connectivity index (χ4n) is 5.17. The third-order valence-corrected chi connectivity index (χ3v) is 8.54.